The quantitative estimate of drug-likeness (QED) is 0.803. The van der Waals surface area contributed by atoms with Gasteiger partial charge in [-0.1, -0.05) is 18.2 Å². The maximum atomic E-state index is 12.3. The first-order valence-corrected chi connectivity index (χ1v) is 6.93. The fraction of sp³-hybridized carbons (Fsp3) is 0.118. The predicted molar refractivity (Wildman–Crippen MR) is 82.1 cm³/mol. The average Bonchev–Trinajstić information content (AvgIpc) is 3.07. The Bertz CT molecular complexity index is 782. The van der Waals surface area contributed by atoms with Gasteiger partial charge in [0.15, 0.2) is 5.76 Å². The second-order valence-electron chi connectivity index (χ2n) is 4.83. The van der Waals surface area contributed by atoms with Gasteiger partial charge in [0.05, 0.1) is 18.5 Å². The van der Waals surface area contributed by atoms with E-state index in [-0.39, 0.29) is 12.5 Å². The van der Waals surface area contributed by atoms with E-state index in [0.717, 1.165) is 5.56 Å². The van der Waals surface area contributed by atoms with E-state index in [9.17, 15) is 4.79 Å². The average molecular weight is 293 g/mol. The van der Waals surface area contributed by atoms with E-state index in [1.54, 1.807) is 30.8 Å². The summed E-state index contributed by atoms with van der Waals surface area (Å²) in [5.41, 5.74) is 2.90. The summed E-state index contributed by atoms with van der Waals surface area (Å²) in [5, 5.41) is 2.88. The van der Waals surface area contributed by atoms with Crippen molar-refractivity contribution in [3.63, 3.8) is 0 Å². The Hall–Kier alpha value is -2.95. The fourth-order valence-corrected chi connectivity index (χ4v) is 2.20. The number of amides is 1. The number of nitrogens with one attached hydrogen (secondary N) is 1. The molecule has 3 aromatic rings. The molecule has 5 nitrogen and oxygen atoms in total. The van der Waals surface area contributed by atoms with Crippen molar-refractivity contribution >= 4 is 5.91 Å². The standard InChI is InChI=1S/C17H15N3O2/c1-12-5-2-3-6-13(12)17(21)20-11-14-16(19-9-8-18-14)15-7-4-10-22-15/h2-10H,11H2,1H3,(H,20,21). The number of aryl methyl sites for hydroxylation is 1. The van der Waals surface area contributed by atoms with Crippen molar-refractivity contribution in [3.05, 3.63) is 71.9 Å². The summed E-state index contributed by atoms with van der Waals surface area (Å²) in [6, 6.07) is 11.1. The van der Waals surface area contributed by atoms with Gasteiger partial charge in [-0.3, -0.25) is 9.78 Å². The Morgan fingerprint density at radius 1 is 1.14 bits per heavy atom. The first kappa shape index (κ1) is 14.0. The van der Waals surface area contributed by atoms with Crippen LogP contribution in [0.3, 0.4) is 0 Å². The number of carbonyl (C=O) groups excluding carboxylic acids is 1. The first-order valence-electron chi connectivity index (χ1n) is 6.93. The number of nitrogens with zero attached hydrogens (tertiary/aromatic N) is 2. The molecule has 0 aliphatic carbocycles. The van der Waals surface area contributed by atoms with Gasteiger partial charge in [-0.05, 0) is 30.7 Å². The lowest BCUT2D eigenvalue weighted by atomic mass is 10.1. The summed E-state index contributed by atoms with van der Waals surface area (Å²) in [7, 11) is 0. The monoisotopic (exact) mass is 293 g/mol. The molecule has 0 aliphatic rings. The van der Waals surface area contributed by atoms with Crippen LogP contribution in [0.5, 0.6) is 0 Å². The van der Waals surface area contributed by atoms with Crippen molar-refractivity contribution < 1.29 is 9.21 Å². The van der Waals surface area contributed by atoms with Crippen molar-refractivity contribution in [2.45, 2.75) is 13.5 Å². The first-order chi connectivity index (χ1) is 10.8. The van der Waals surface area contributed by atoms with Gasteiger partial charge in [0, 0.05) is 18.0 Å². The van der Waals surface area contributed by atoms with Crippen LogP contribution < -0.4 is 5.32 Å². The van der Waals surface area contributed by atoms with Gasteiger partial charge in [-0.25, -0.2) is 4.98 Å². The highest BCUT2D eigenvalue weighted by molar-refractivity contribution is 5.95. The zero-order valence-electron chi connectivity index (χ0n) is 12.1. The minimum atomic E-state index is -0.130. The molecule has 0 radical (unpaired) electrons. The predicted octanol–water partition coefficient (Wildman–Crippen LogP) is 2.98. The number of hydrogen-bond donors (Lipinski definition) is 1. The molecule has 0 aliphatic heterocycles. The summed E-state index contributed by atoms with van der Waals surface area (Å²) < 4.78 is 5.36. The molecule has 0 spiro atoms. The van der Waals surface area contributed by atoms with Crippen LogP contribution in [-0.2, 0) is 6.54 Å². The molecular weight excluding hydrogens is 278 g/mol. The molecule has 22 heavy (non-hydrogen) atoms. The zero-order chi connectivity index (χ0) is 15.4. The van der Waals surface area contributed by atoms with Gasteiger partial charge in [0.25, 0.3) is 5.91 Å². The van der Waals surface area contributed by atoms with Crippen LogP contribution in [-0.4, -0.2) is 15.9 Å². The lowest BCUT2D eigenvalue weighted by molar-refractivity contribution is 0.0950. The second kappa shape index (κ2) is 6.22. The van der Waals surface area contributed by atoms with Gasteiger partial charge >= 0.3 is 0 Å². The van der Waals surface area contributed by atoms with Gasteiger partial charge in [0.1, 0.15) is 5.69 Å². The van der Waals surface area contributed by atoms with E-state index in [4.69, 9.17) is 4.42 Å². The van der Waals surface area contributed by atoms with E-state index < -0.39 is 0 Å². The summed E-state index contributed by atoms with van der Waals surface area (Å²) in [6.45, 7) is 2.20. The molecular formula is C17H15N3O2. The molecule has 0 saturated heterocycles. The van der Waals surface area contributed by atoms with E-state index in [2.05, 4.69) is 15.3 Å². The number of rotatable bonds is 4. The highest BCUT2D eigenvalue weighted by Gasteiger charge is 2.13. The molecule has 0 fully saturated rings. The Kier molecular flexibility index (Phi) is 3.96. The molecule has 2 aromatic heterocycles. The number of benzene rings is 1. The van der Waals surface area contributed by atoms with Crippen molar-refractivity contribution in [3.8, 4) is 11.5 Å². The highest BCUT2D eigenvalue weighted by atomic mass is 16.3. The Morgan fingerprint density at radius 2 is 1.95 bits per heavy atom. The molecule has 5 heteroatoms. The van der Waals surface area contributed by atoms with Crippen LogP contribution in [0, 0.1) is 6.92 Å². The van der Waals surface area contributed by atoms with Crippen LogP contribution in [0.2, 0.25) is 0 Å². The smallest absolute Gasteiger partial charge is 0.251 e. The maximum absolute atomic E-state index is 12.3. The largest absolute Gasteiger partial charge is 0.463 e. The molecule has 1 N–H and O–H groups in total. The van der Waals surface area contributed by atoms with Gasteiger partial charge in [-0.15, -0.1) is 0 Å². The summed E-state index contributed by atoms with van der Waals surface area (Å²) in [5.74, 6) is 0.502. The van der Waals surface area contributed by atoms with Gasteiger partial charge < -0.3 is 9.73 Å². The van der Waals surface area contributed by atoms with E-state index in [1.165, 1.54) is 0 Å². The number of hydrogen-bond acceptors (Lipinski definition) is 4. The molecule has 0 bridgehead atoms. The maximum Gasteiger partial charge on any atom is 0.251 e. The molecule has 0 unspecified atom stereocenters. The Balaban J connectivity index is 1.78. The molecule has 1 aromatic carbocycles. The zero-order valence-corrected chi connectivity index (χ0v) is 12.1. The third-order valence-electron chi connectivity index (χ3n) is 3.33. The lowest BCUT2D eigenvalue weighted by Gasteiger charge is -2.09. The van der Waals surface area contributed by atoms with Crippen LogP contribution in [0.15, 0.2) is 59.5 Å². The topological polar surface area (TPSA) is 68.0 Å². The van der Waals surface area contributed by atoms with Crippen LogP contribution in [0.25, 0.3) is 11.5 Å². The molecule has 1 amide bonds. The molecule has 3 rings (SSSR count). The van der Waals surface area contributed by atoms with Crippen molar-refractivity contribution in [1.82, 2.24) is 15.3 Å². The molecule has 2 heterocycles. The SMILES string of the molecule is Cc1ccccc1C(=O)NCc1nccnc1-c1ccco1. The van der Waals surface area contributed by atoms with Crippen LogP contribution in [0.1, 0.15) is 21.6 Å². The number of carbonyl (C=O) groups is 1. The lowest BCUT2D eigenvalue weighted by Crippen LogP contribution is -2.24. The normalized spacial score (nSPS) is 10.4. The minimum absolute atomic E-state index is 0.130. The molecule has 110 valence electrons. The second-order valence-corrected chi connectivity index (χ2v) is 4.83. The molecule has 0 saturated carbocycles. The number of furan rings is 1. The Labute approximate surface area is 128 Å². The summed E-state index contributed by atoms with van der Waals surface area (Å²) >= 11 is 0. The van der Waals surface area contributed by atoms with Crippen LogP contribution >= 0.6 is 0 Å². The van der Waals surface area contributed by atoms with E-state index >= 15 is 0 Å². The van der Waals surface area contributed by atoms with Gasteiger partial charge in [0.2, 0.25) is 0 Å². The third-order valence-corrected chi connectivity index (χ3v) is 3.33. The van der Waals surface area contributed by atoms with Crippen molar-refractivity contribution in [2.24, 2.45) is 0 Å². The fourth-order valence-electron chi connectivity index (χ4n) is 2.20. The van der Waals surface area contributed by atoms with E-state index in [1.807, 2.05) is 31.2 Å². The number of aromatic nitrogens is 2. The van der Waals surface area contributed by atoms with Crippen molar-refractivity contribution in [1.29, 1.82) is 0 Å². The van der Waals surface area contributed by atoms with E-state index in [0.29, 0.717) is 22.7 Å². The van der Waals surface area contributed by atoms with Crippen LogP contribution in [0.4, 0.5) is 0 Å². The highest BCUT2D eigenvalue weighted by Crippen LogP contribution is 2.19. The molecule has 0 atom stereocenters. The summed E-state index contributed by atoms with van der Waals surface area (Å²) in [4.78, 5) is 20.8. The van der Waals surface area contributed by atoms with Gasteiger partial charge in [-0.2, -0.15) is 0 Å². The minimum Gasteiger partial charge on any atom is -0.463 e. The summed E-state index contributed by atoms with van der Waals surface area (Å²) in [6.07, 6.45) is 4.78. The third kappa shape index (κ3) is 2.88. The van der Waals surface area contributed by atoms with Crippen molar-refractivity contribution in [2.75, 3.05) is 0 Å². The Morgan fingerprint density at radius 3 is 2.73 bits per heavy atom.